The van der Waals surface area contributed by atoms with Crippen LogP contribution in [0.1, 0.15) is 11.6 Å². The number of halogens is 1. The van der Waals surface area contributed by atoms with Crippen LogP contribution in [-0.2, 0) is 14.3 Å². The first kappa shape index (κ1) is 20.8. The van der Waals surface area contributed by atoms with Crippen molar-refractivity contribution in [1.82, 2.24) is 20.1 Å². The minimum absolute atomic E-state index is 0.0400. The summed E-state index contributed by atoms with van der Waals surface area (Å²) in [6.45, 7) is 3.76. The molecule has 0 spiro atoms. The van der Waals surface area contributed by atoms with Gasteiger partial charge in [0.2, 0.25) is 5.91 Å². The number of carboxylic acid groups (broad SMARTS) is 1. The summed E-state index contributed by atoms with van der Waals surface area (Å²) in [4.78, 5) is 31.2. The Morgan fingerprint density at radius 2 is 2.07 bits per heavy atom. The SMILES string of the molecule is COCCNC(=O)CN1CCN([C@@H](C(=O)O)c2c[nH]c3ccc(Br)cc23)CC1. The zero-order valence-corrected chi connectivity index (χ0v) is 17.4. The number of piperazine rings is 1. The van der Waals surface area contributed by atoms with Crippen LogP contribution in [-0.4, -0.2) is 84.8 Å². The van der Waals surface area contributed by atoms with Crippen molar-refractivity contribution in [2.24, 2.45) is 0 Å². The molecule has 8 nitrogen and oxygen atoms in total. The molecule has 1 aromatic carbocycles. The van der Waals surface area contributed by atoms with Crippen molar-refractivity contribution in [1.29, 1.82) is 0 Å². The quantitative estimate of drug-likeness (QED) is 0.524. The molecule has 28 heavy (non-hydrogen) atoms. The largest absolute Gasteiger partial charge is 0.480 e. The molecule has 2 aromatic rings. The Bertz CT molecular complexity index is 832. The number of carboxylic acids is 1. The summed E-state index contributed by atoms with van der Waals surface area (Å²) in [5.74, 6) is -0.909. The van der Waals surface area contributed by atoms with E-state index in [9.17, 15) is 14.7 Å². The molecule has 152 valence electrons. The van der Waals surface area contributed by atoms with Gasteiger partial charge in [-0.05, 0) is 18.2 Å². The first-order valence-corrected chi connectivity index (χ1v) is 10.00. The van der Waals surface area contributed by atoms with Gasteiger partial charge in [0.1, 0.15) is 6.04 Å². The van der Waals surface area contributed by atoms with Gasteiger partial charge in [0.15, 0.2) is 0 Å². The minimum Gasteiger partial charge on any atom is -0.480 e. The highest BCUT2D eigenvalue weighted by Crippen LogP contribution is 2.31. The van der Waals surface area contributed by atoms with E-state index in [2.05, 4.69) is 26.2 Å². The van der Waals surface area contributed by atoms with Crippen molar-refractivity contribution in [3.05, 3.63) is 34.4 Å². The molecular weight excluding hydrogens is 428 g/mol. The standard InChI is InChI=1S/C19H25BrN4O4/c1-28-9-4-21-17(25)12-23-5-7-24(8-6-23)18(19(26)27)15-11-22-16-3-2-13(20)10-14(15)16/h2-3,10-11,18,22H,4-9,12H2,1H3,(H,21,25)(H,26,27)/t18-/m1/s1. The maximum absolute atomic E-state index is 12.1. The Kier molecular flexibility index (Phi) is 7.06. The number of carbonyl (C=O) groups excluding carboxylic acids is 1. The number of hydrogen-bond acceptors (Lipinski definition) is 5. The number of fused-ring (bicyclic) bond motifs is 1. The second kappa shape index (κ2) is 9.51. The van der Waals surface area contributed by atoms with Crippen molar-refractivity contribution in [3.63, 3.8) is 0 Å². The van der Waals surface area contributed by atoms with E-state index in [1.807, 2.05) is 28.0 Å². The number of carbonyl (C=O) groups is 2. The van der Waals surface area contributed by atoms with E-state index in [1.54, 1.807) is 13.3 Å². The summed E-state index contributed by atoms with van der Waals surface area (Å²) < 4.78 is 5.83. The summed E-state index contributed by atoms with van der Waals surface area (Å²) in [6, 6.07) is 5.08. The van der Waals surface area contributed by atoms with Crippen LogP contribution in [0.4, 0.5) is 0 Å². The van der Waals surface area contributed by atoms with E-state index in [0.717, 1.165) is 20.9 Å². The molecule has 0 aliphatic carbocycles. The average molecular weight is 453 g/mol. The van der Waals surface area contributed by atoms with Crippen molar-refractivity contribution < 1.29 is 19.4 Å². The Balaban J connectivity index is 1.64. The smallest absolute Gasteiger partial charge is 0.325 e. The molecule has 0 unspecified atom stereocenters. The van der Waals surface area contributed by atoms with E-state index >= 15 is 0 Å². The van der Waals surface area contributed by atoms with Gasteiger partial charge in [-0.2, -0.15) is 0 Å². The second-order valence-electron chi connectivity index (χ2n) is 6.83. The van der Waals surface area contributed by atoms with Crippen LogP contribution in [0.15, 0.2) is 28.9 Å². The predicted molar refractivity (Wildman–Crippen MR) is 109 cm³/mol. The molecular formula is C19H25BrN4O4. The van der Waals surface area contributed by atoms with Gasteiger partial charge >= 0.3 is 5.97 Å². The lowest BCUT2D eigenvalue weighted by molar-refractivity contribution is -0.144. The number of nitrogens with zero attached hydrogens (tertiary/aromatic N) is 2. The number of aliphatic carboxylic acids is 1. The number of nitrogens with one attached hydrogen (secondary N) is 2. The maximum Gasteiger partial charge on any atom is 0.325 e. The van der Waals surface area contributed by atoms with E-state index in [-0.39, 0.29) is 5.91 Å². The topological polar surface area (TPSA) is 97.9 Å². The summed E-state index contributed by atoms with van der Waals surface area (Å²) in [6.07, 6.45) is 1.78. The molecule has 1 saturated heterocycles. The van der Waals surface area contributed by atoms with E-state index in [4.69, 9.17) is 4.74 Å². The fourth-order valence-corrected chi connectivity index (χ4v) is 3.92. The van der Waals surface area contributed by atoms with Gasteiger partial charge in [-0.25, -0.2) is 0 Å². The van der Waals surface area contributed by atoms with E-state index in [1.165, 1.54) is 0 Å². The van der Waals surface area contributed by atoms with Crippen LogP contribution < -0.4 is 5.32 Å². The maximum atomic E-state index is 12.1. The summed E-state index contributed by atoms with van der Waals surface area (Å²) in [5.41, 5.74) is 1.67. The fourth-order valence-electron chi connectivity index (χ4n) is 3.56. The van der Waals surface area contributed by atoms with Crippen LogP contribution in [0.25, 0.3) is 10.9 Å². The van der Waals surface area contributed by atoms with Crippen molar-refractivity contribution in [2.75, 3.05) is 53.0 Å². The molecule has 1 aliphatic heterocycles. The van der Waals surface area contributed by atoms with E-state index in [0.29, 0.717) is 45.9 Å². The molecule has 1 atom stereocenters. The fraction of sp³-hybridized carbons (Fsp3) is 0.474. The van der Waals surface area contributed by atoms with Crippen LogP contribution in [0.5, 0.6) is 0 Å². The zero-order valence-electron chi connectivity index (χ0n) is 15.8. The first-order valence-electron chi connectivity index (χ1n) is 9.21. The molecule has 9 heteroatoms. The van der Waals surface area contributed by atoms with Gasteiger partial charge in [0.05, 0.1) is 13.2 Å². The number of aromatic amines is 1. The molecule has 0 saturated carbocycles. The van der Waals surface area contributed by atoms with Gasteiger partial charge < -0.3 is 20.1 Å². The molecule has 0 bridgehead atoms. The zero-order chi connectivity index (χ0) is 20.1. The molecule has 3 rings (SSSR count). The van der Waals surface area contributed by atoms with Gasteiger partial charge in [0.25, 0.3) is 0 Å². The summed E-state index contributed by atoms with van der Waals surface area (Å²) in [7, 11) is 1.59. The average Bonchev–Trinajstić information content (AvgIpc) is 3.06. The Labute approximate surface area is 171 Å². The first-order chi connectivity index (χ1) is 13.5. The van der Waals surface area contributed by atoms with Gasteiger partial charge in [-0.3, -0.25) is 19.4 Å². The monoisotopic (exact) mass is 452 g/mol. The lowest BCUT2D eigenvalue weighted by atomic mass is 10.0. The van der Waals surface area contributed by atoms with Gasteiger partial charge in [-0.1, -0.05) is 15.9 Å². The number of rotatable bonds is 8. The molecule has 1 aliphatic rings. The molecule has 0 radical (unpaired) electrons. The Morgan fingerprint density at radius 1 is 1.32 bits per heavy atom. The van der Waals surface area contributed by atoms with Crippen LogP contribution in [0.2, 0.25) is 0 Å². The molecule has 1 fully saturated rings. The van der Waals surface area contributed by atoms with Crippen LogP contribution >= 0.6 is 15.9 Å². The number of methoxy groups -OCH3 is 1. The number of amides is 1. The summed E-state index contributed by atoms with van der Waals surface area (Å²) in [5, 5.41) is 13.6. The number of benzene rings is 1. The third-order valence-electron chi connectivity index (χ3n) is 4.97. The molecule has 2 heterocycles. The molecule has 1 aromatic heterocycles. The summed E-state index contributed by atoms with van der Waals surface area (Å²) >= 11 is 3.46. The van der Waals surface area contributed by atoms with Crippen LogP contribution in [0.3, 0.4) is 0 Å². The van der Waals surface area contributed by atoms with Crippen molar-refractivity contribution in [3.8, 4) is 0 Å². The van der Waals surface area contributed by atoms with Crippen molar-refractivity contribution >= 4 is 38.7 Å². The van der Waals surface area contributed by atoms with Gasteiger partial charge in [-0.15, -0.1) is 0 Å². The predicted octanol–water partition coefficient (Wildman–Crippen LogP) is 1.44. The number of H-pyrrole nitrogens is 1. The van der Waals surface area contributed by atoms with Gasteiger partial charge in [0, 0.05) is 67.0 Å². The van der Waals surface area contributed by atoms with Crippen molar-refractivity contribution in [2.45, 2.75) is 6.04 Å². The highest BCUT2D eigenvalue weighted by Gasteiger charge is 2.32. The number of ether oxygens (including phenoxy) is 1. The third-order valence-corrected chi connectivity index (χ3v) is 5.47. The van der Waals surface area contributed by atoms with Crippen LogP contribution in [0, 0.1) is 0 Å². The Morgan fingerprint density at radius 3 is 2.75 bits per heavy atom. The highest BCUT2D eigenvalue weighted by atomic mass is 79.9. The minimum atomic E-state index is -0.869. The van der Waals surface area contributed by atoms with E-state index < -0.39 is 12.0 Å². The number of aromatic nitrogens is 1. The lowest BCUT2D eigenvalue weighted by Gasteiger charge is -2.37. The second-order valence-corrected chi connectivity index (χ2v) is 7.75. The number of hydrogen-bond donors (Lipinski definition) is 3. The third kappa shape index (κ3) is 4.91. The highest BCUT2D eigenvalue weighted by molar-refractivity contribution is 9.10. The lowest BCUT2D eigenvalue weighted by Crippen LogP contribution is -2.51. The molecule has 1 amide bonds. The Hall–Kier alpha value is -1.94. The molecule has 3 N–H and O–H groups in total. The normalized spacial score (nSPS) is 16.9.